The molecule has 0 aromatic carbocycles. The predicted molar refractivity (Wildman–Crippen MR) is 101 cm³/mol. The lowest BCUT2D eigenvalue weighted by molar-refractivity contribution is 0.549. The Morgan fingerprint density at radius 2 is 2.05 bits per heavy atom. The van der Waals surface area contributed by atoms with Crippen LogP contribution in [-0.2, 0) is 6.42 Å². The lowest BCUT2D eigenvalue weighted by atomic mass is 10.1. The van der Waals surface area contributed by atoms with Gasteiger partial charge in [-0.3, -0.25) is 4.99 Å². The number of guanidine groups is 1. The number of nitrogens with one attached hydrogen (secondary N) is 2. The molecule has 0 fully saturated rings. The molecule has 0 spiro atoms. The second-order valence-corrected chi connectivity index (χ2v) is 6.48. The van der Waals surface area contributed by atoms with Gasteiger partial charge < -0.3 is 10.6 Å². The maximum absolute atomic E-state index is 4.25. The van der Waals surface area contributed by atoms with Crippen LogP contribution in [0.5, 0.6) is 0 Å². The molecular formula is C15H28IN3S. The maximum atomic E-state index is 4.25. The molecule has 5 heteroatoms. The molecule has 1 unspecified atom stereocenters. The van der Waals surface area contributed by atoms with Gasteiger partial charge in [-0.25, -0.2) is 0 Å². The highest BCUT2D eigenvalue weighted by molar-refractivity contribution is 14.0. The Kier molecular flexibility index (Phi) is 11.2. The summed E-state index contributed by atoms with van der Waals surface area (Å²) in [5, 5.41) is 8.90. The Balaban J connectivity index is 0.00000361. The normalized spacial score (nSPS) is 12.9. The molecule has 116 valence electrons. The minimum Gasteiger partial charge on any atom is -0.356 e. The summed E-state index contributed by atoms with van der Waals surface area (Å²) in [4.78, 5) is 5.71. The van der Waals surface area contributed by atoms with E-state index in [2.05, 4.69) is 53.9 Å². The number of hydrogen-bond donors (Lipinski definition) is 2. The summed E-state index contributed by atoms with van der Waals surface area (Å²) in [6, 6.07) is 4.32. The van der Waals surface area contributed by atoms with E-state index in [1.54, 1.807) is 0 Å². The molecule has 1 aromatic rings. The van der Waals surface area contributed by atoms with Crippen LogP contribution in [0.4, 0.5) is 0 Å². The van der Waals surface area contributed by atoms with Gasteiger partial charge in [0.2, 0.25) is 0 Å². The second kappa shape index (κ2) is 11.4. The van der Waals surface area contributed by atoms with Gasteiger partial charge in [0.25, 0.3) is 0 Å². The Morgan fingerprint density at radius 3 is 2.60 bits per heavy atom. The van der Waals surface area contributed by atoms with E-state index in [4.69, 9.17) is 0 Å². The number of rotatable bonds is 7. The van der Waals surface area contributed by atoms with Crippen molar-refractivity contribution in [2.75, 3.05) is 20.1 Å². The van der Waals surface area contributed by atoms with E-state index < -0.39 is 0 Å². The van der Waals surface area contributed by atoms with Crippen LogP contribution >= 0.6 is 35.3 Å². The fraction of sp³-hybridized carbons (Fsp3) is 0.667. The van der Waals surface area contributed by atoms with Crippen LogP contribution in [0.1, 0.15) is 32.1 Å². The third-order valence-corrected chi connectivity index (χ3v) is 3.88. The lowest BCUT2D eigenvalue weighted by Crippen LogP contribution is -2.40. The molecule has 2 N–H and O–H groups in total. The van der Waals surface area contributed by atoms with Gasteiger partial charge in [0.05, 0.1) is 0 Å². The van der Waals surface area contributed by atoms with Crippen molar-refractivity contribution in [3.05, 3.63) is 22.4 Å². The second-order valence-electron chi connectivity index (χ2n) is 5.45. The number of aliphatic imine (C=N–C) groups is 1. The van der Waals surface area contributed by atoms with Crippen LogP contribution in [-0.4, -0.2) is 26.1 Å². The minimum absolute atomic E-state index is 0. The van der Waals surface area contributed by atoms with E-state index in [1.165, 1.54) is 11.3 Å². The smallest absolute Gasteiger partial charge is 0.190 e. The zero-order chi connectivity index (χ0) is 14.1. The summed E-state index contributed by atoms with van der Waals surface area (Å²) >= 11 is 1.83. The molecule has 0 aliphatic heterocycles. The molecule has 0 aliphatic rings. The number of halogens is 1. The molecular weight excluding hydrogens is 381 g/mol. The zero-order valence-corrected chi connectivity index (χ0v) is 16.1. The van der Waals surface area contributed by atoms with E-state index in [-0.39, 0.29) is 24.0 Å². The van der Waals surface area contributed by atoms with E-state index in [0.717, 1.165) is 31.4 Å². The van der Waals surface area contributed by atoms with Gasteiger partial charge in [0.15, 0.2) is 5.96 Å². The van der Waals surface area contributed by atoms with Crippen molar-refractivity contribution >= 4 is 41.3 Å². The summed E-state index contributed by atoms with van der Waals surface area (Å²) in [5.41, 5.74) is 0. The fourth-order valence-corrected chi connectivity index (χ4v) is 2.68. The van der Waals surface area contributed by atoms with Gasteiger partial charge in [-0.1, -0.05) is 26.8 Å². The molecule has 0 amide bonds. The Labute approximate surface area is 144 Å². The molecule has 20 heavy (non-hydrogen) atoms. The van der Waals surface area contributed by atoms with Crippen LogP contribution < -0.4 is 10.6 Å². The van der Waals surface area contributed by atoms with Crippen LogP contribution in [0.3, 0.4) is 0 Å². The van der Waals surface area contributed by atoms with Crippen molar-refractivity contribution < 1.29 is 0 Å². The van der Waals surface area contributed by atoms with Crippen molar-refractivity contribution in [2.45, 2.75) is 33.6 Å². The van der Waals surface area contributed by atoms with Gasteiger partial charge in [-0.05, 0) is 36.1 Å². The van der Waals surface area contributed by atoms with Gasteiger partial charge in [-0.2, -0.15) is 0 Å². The third-order valence-electron chi connectivity index (χ3n) is 2.99. The predicted octanol–water partition coefficient (Wildman–Crippen LogP) is 3.76. The maximum Gasteiger partial charge on any atom is 0.190 e. The van der Waals surface area contributed by atoms with Gasteiger partial charge in [0.1, 0.15) is 0 Å². The Bertz CT molecular complexity index is 363. The quantitative estimate of drug-likeness (QED) is 0.409. The standard InChI is InChI=1S/C15H27N3S.HI/c1-12(2)7-8-17-15(16-4)18-11-13(3)10-14-6-5-9-19-14;/h5-6,9,12-13H,7-8,10-11H2,1-4H3,(H2,16,17,18);1H. The third kappa shape index (κ3) is 8.79. The fourth-order valence-electron chi connectivity index (χ4n) is 1.82. The van der Waals surface area contributed by atoms with E-state index in [9.17, 15) is 0 Å². The monoisotopic (exact) mass is 409 g/mol. The molecule has 0 saturated carbocycles. The molecule has 0 bridgehead atoms. The first-order valence-electron chi connectivity index (χ1n) is 7.08. The number of thiophene rings is 1. The molecule has 1 heterocycles. The molecule has 1 rings (SSSR count). The highest BCUT2D eigenvalue weighted by Gasteiger charge is 2.06. The van der Waals surface area contributed by atoms with Gasteiger partial charge in [0, 0.05) is 25.0 Å². The van der Waals surface area contributed by atoms with Crippen molar-refractivity contribution in [1.29, 1.82) is 0 Å². The van der Waals surface area contributed by atoms with Crippen molar-refractivity contribution in [3.63, 3.8) is 0 Å². The molecule has 1 aromatic heterocycles. The SMILES string of the molecule is CN=C(NCCC(C)C)NCC(C)Cc1cccs1.I. The Morgan fingerprint density at radius 1 is 1.30 bits per heavy atom. The summed E-state index contributed by atoms with van der Waals surface area (Å²) in [7, 11) is 1.83. The summed E-state index contributed by atoms with van der Waals surface area (Å²) in [6.07, 6.45) is 2.30. The van der Waals surface area contributed by atoms with Crippen LogP contribution in [0.2, 0.25) is 0 Å². The van der Waals surface area contributed by atoms with Crippen LogP contribution in [0.25, 0.3) is 0 Å². The van der Waals surface area contributed by atoms with E-state index in [1.807, 2.05) is 18.4 Å². The molecule has 3 nitrogen and oxygen atoms in total. The van der Waals surface area contributed by atoms with Crippen molar-refractivity contribution in [2.24, 2.45) is 16.8 Å². The molecule has 0 radical (unpaired) electrons. The summed E-state index contributed by atoms with van der Waals surface area (Å²) < 4.78 is 0. The minimum atomic E-state index is 0. The first-order valence-corrected chi connectivity index (χ1v) is 7.96. The summed E-state index contributed by atoms with van der Waals surface area (Å²) in [6.45, 7) is 8.69. The molecule has 1 atom stereocenters. The van der Waals surface area contributed by atoms with E-state index in [0.29, 0.717) is 5.92 Å². The highest BCUT2D eigenvalue weighted by Crippen LogP contribution is 2.13. The van der Waals surface area contributed by atoms with Gasteiger partial charge >= 0.3 is 0 Å². The van der Waals surface area contributed by atoms with Crippen LogP contribution in [0.15, 0.2) is 22.5 Å². The van der Waals surface area contributed by atoms with E-state index >= 15 is 0 Å². The zero-order valence-electron chi connectivity index (χ0n) is 13.0. The topological polar surface area (TPSA) is 36.4 Å². The van der Waals surface area contributed by atoms with Gasteiger partial charge in [-0.15, -0.1) is 35.3 Å². The lowest BCUT2D eigenvalue weighted by Gasteiger charge is -2.16. The number of nitrogens with zero attached hydrogens (tertiary/aromatic N) is 1. The first-order chi connectivity index (χ1) is 9.11. The number of hydrogen-bond acceptors (Lipinski definition) is 2. The van der Waals surface area contributed by atoms with Crippen molar-refractivity contribution in [3.8, 4) is 0 Å². The molecule has 0 aliphatic carbocycles. The average molecular weight is 409 g/mol. The summed E-state index contributed by atoms with van der Waals surface area (Å²) in [5.74, 6) is 2.25. The average Bonchev–Trinajstić information content (AvgIpc) is 2.85. The highest BCUT2D eigenvalue weighted by atomic mass is 127. The first kappa shape index (κ1) is 19.7. The van der Waals surface area contributed by atoms with Crippen LogP contribution in [0, 0.1) is 11.8 Å². The molecule has 0 saturated heterocycles. The largest absolute Gasteiger partial charge is 0.356 e. The van der Waals surface area contributed by atoms with Crippen molar-refractivity contribution in [1.82, 2.24) is 10.6 Å². The Hall–Kier alpha value is -0.300.